The molecule has 0 aliphatic rings. The topological polar surface area (TPSA) is 37.3 Å². The summed E-state index contributed by atoms with van der Waals surface area (Å²) in [5.41, 5.74) is 0.300. The van der Waals surface area contributed by atoms with E-state index < -0.39 is 5.97 Å². The van der Waals surface area contributed by atoms with Crippen molar-refractivity contribution in [3.8, 4) is 0 Å². The molecule has 1 aromatic rings. The Balaban J connectivity index is 0.000001000. The number of rotatable bonds is 1. The van der Waals surface area contributed by atoms with Crippen molar-refractivity contribution < 1.29 is 9.90 Å². The maximum absolute atomic E-state index is 10.3. The zero-order valence-corrected chi connectivity index (χ0v) is 7.85. The van der Waals surface area contributed by atoms with Crippen LogP contribution in [0.15, 0.2) is 28.7 Å². The molecular formula is C7H6BrClO2. The van der Waals surface area contributed by atoms with Crippen molar-refractivity contribution in [1.82, 2.24) is 0 Å². The van der Waals surface area contributed by atoms with Crippen LogP contribution in [0.5, 0.6) is 0 Å². The number of carbonyl (C=O) groups is 1. The second-order valence-corrected chi connectivity index (χ2v) is 2.73. The maximum atomic E-state index is 10.3. The molecule has 1 rings (SSSR count). The third kappa shape index (κ3) is 2.91. The summed E-state index contributed by atoms with van der Waals surface area (Å²) < 4.78 is 0.785. The van der Waals surface area contributed by atoms with Crippen LogP contribution in [0.25, 0.3) is 0 Å². The third-order valence-corrected chi connectivity index (χ3v) is 1.56. The summed E-state index contributed by atoms with van der Waals surface area (Å²) in [6.07, 6.45) is 0. The molecular weight excluding hydrogens is 231 g/mol. The van der Waals surface area contributed by atoms with Gasteiger partial charge in [-0.3, -0.25) is 0 Å². The van der Waals surface area contributed by atoms with Crippen molar-refractivity contribution in [1.29, 1.82) is 0 Å². The first-order valence-corrected chi connectivity index (χ1v) is 3.48. The van der Waals surface area contributed by atoms with Gasteiger partial charge in [0.15, 0.2) is 0 Å². The molecule has 0 amide bonds. The van der Waals surface area contributed by atoms with Crippen molar-refractivity contribution in [2.24, 2.45) is 0 Å². The van der Waals surface area contributed by atoms with Crippen molar-refractivity contribution in [3.05, 3.63) is 34.3 Å². The van der Waals surface area contributed by atoms with E-state index in [4.69, 9.17) is 5.11 Å². The summed E-state index contributed by atoms with van der Waals surface area (Å²) in [5.74, 6) is -0.902. The molecule has 0 saturated carbocycles. The van der Waals surface area contributed by atoms with Crippen molar-refractivity contribution in [2.45, 2.75) is 0 Å². The predicted molar refractivity (Wildman–Crippen MR) is 48.3 cm³/mol. The number of carboxylic acid groups (broad SMARTS) is 1. The molecule has 0 unspecified atom stereocenters. The highest BCUT2D eigenvalue weighted by molar-refractivity contribution is 9.10. The molecule has 0 aromatic heterocycles. The monoisotopic (exact) mass is 236 g/mol. The van der Waals surface area contributed by atoms with E-state index in [0.717, 1.165) is 4.47 Å². The van der Waals surface area contributed by atoms with Crippen molar-refractivity contribution in [2.75, 3.05) is 0 Å². The molecule has 0 spiro atoms. The first kappa shape index (κ1) is 10.5. The van der Waals surface area contributed by atoms with Crippen LogP contribution >= 0.6 is 28.3 Å². The van der Waals surface area contributed by atoms with Gasteiger partial charge in [0.05, 0.1) is 5.56 Å². The van der Waals surface area contributed by atoms with E-state index in [1.54, 1.807) is 24.3 Å². The van der Waals surface area contributed by atoms with Crippen LogP contribution < -0.4 is 0 Å². The Morgan fingerprint density at radius 2 is 2.09 bits per heavy atom. The zero-order chi connectivity index (χ0) is 7.56. The smallest absolute Gasteiger partial charge is 0.335 e. The lowest BCUT2D eigenvalue weighted by Crippen LogP contribution is -1.94. The summed E-state index contributed by atoms with van der Waals surface area (Å²) in [6, 6.07) is 6.58. The first-order chi connectivity index (χ1) is 4.70. The van der Waals surface area contributed by atoms with Gasteiger partial charge in [0.1, 0.15) is 0 Å². The van der Waals surface area contributed by atoms with Gasteiger partial charge in [0.2, 0.25) is 0 Å². The molecule has 0 fully saturated rings. The largest absolute Gasteiger partial charge is 0.478 e. The summed E-state index contributed by atoms with van der Waals surface area (Å²) >= 11 is 3.17. The van der Waals surface area contributed by atoms with E-state index in [1.165, 1.54) is 0 Å². The Morgan fingerprint density at radius 3 is 2.45 bits per heavy atom. The van der Waals surface area contributed by atoms with E-state index in [0.29, 0.717) is 5.56 Å². The summed E-state index contributed by atoms with van der Waals surface area (Å²) in [6.45, 7) is 0. The first-order valence-electron chi connectivity index (χ1n) is 2.69. The highest BCUT2D eigenvalue weighted by atomic mass is 79.9. The molecule has 0 aliphatic carbocycles. The third-order valence-electron chi connectivity index (χ3n) is 1.07. The van der Waals surface area contributed by atoms with Crippen LogP contribution in [-0.4, -0.2) is 11.1 Å². The van der Waals surface area contributed by atoms with Crippen molar-refractivity contribution in [3.63, 3.8) is 0 Å². The predicted octanol–water partition coefficient (Wildman–Crippen LogP) is 2.57. The Labute approximate surface area is 78.8 Å². The number of benzene rings is 1. The average Bonchev–Trinajstić information content (AvgIpc) is 1.88. The molecule has 4 heteroatoms. The van der Waals surface area contributed by atoms with Gasteiger partial charge in [0, 0.05) is 4.47 Å². The van der Waals surface area contributed by atoms with Gasteiger partial charge in [-0.15, -0.1) is 12.4 Å². The fraction of sp³-hybridized carbons (Fsp3) is 0. The summed E-state index contributed by atoms with van der Waals surface area (Å²) in [5, 5.41) is 8.49. The lowest BCUT2D eigenvalue weighted by Gasteiger charge is -1.92. The number of halogens is 2. The van der Waals surface area contributed by atoms with Crippen LogP contribution in [0.3, 0.4) is 0 Å². The van der Waals surface area contributed by atoms with E-state index >= 15 is 0 Å². The Morgan fingerprint density at radius 1 is 1.45 bits per heavy atom. The minimum Gasteiger partial charge on any atom is -0.478 e. The lowest BCUT2D eigenvalue weighted by atomic mass is 10.2. The Bertz CT molecular complexity index is 262. The molecule has 0 atom stereocenters. The minimum atomic E-state index is -0.902. The fourth-order valence-corrected chi connectivity index (χ4v) is 1.02. The van der Waals surface area contributed by atoms with Gasteiger partial charge < -0.3 is 5.11 Å². The lowest BCUT2D eigenvalue weighted by molar-refractivity contribution is 0.0697. The van der Waals surface area contributed by atoms with Gasteiger partial charge in [0.25, 0.3) is 0 Å². The number of hydrogen-bond acceptors (Lipinski definition) is 1. The van der Waals surface area contributed by atoms with Gasteiger partial charge in [-0.1, -0.05) is 22.0 Å². The van der Waals surface area contributed by atoms with Gasteiger partial charge >= 0.3 is 5.97 Å². The van der Waals surface area contributed by atoms with Crippen LogP contribution in [-0.2, 0) is 0 Å². The van der Waals surface area contributed by atoms with Crippen molar-refractivity contribution >= 4 is 34.3 Å². The van der Waals surface area contributed by atoms with E-state index in [1.807, 2.05) is 0 Å². The van der Waals surface area contributed by atoms with Gasteiger partial charge in [-0.05, 0) is 18.2 Å². The molecule has 0 heterocycles. The molecule has 2 nitrogen and oxygen atoms in total. The summed E-state index contributed by atoms with van der Waals surface area (Å²) in [7, 11) is 0. The average molecular weight is 237 g/mol. The fourth-order valence-electron chi connectivity index (χ4n) is 0.622. The molecule has 1 aromatic carbocycles. The molecule has 0 bridgehead atoms. The highest BCUT2D eigenvalue weighted by Gasteiger charge is 1.99. The number of carboxylic acids is 1. The maximum Gasteiger partial charge on any atom is 0.335 e. The quantitative estimate of drug-likeness (QED) is 0.815. The molecule has 0 aliphatic heterocycles. The minimum absolute atomic E-state index is 0. The van der Waals surface area contributed by atoms with Crippen LogP contribution in [0.4, 0.5) is 0 Å². The second-order valence-electron chi connectivity index (χ2n) is 1.82. The molecule has 0 radical (unpaired) electrons. The molecule has 1 N–H and O–H groups in total. The standard InChI is InChI=1S/C7H5BrO2.ClH/c8-6-3-1-2-5(4-6)7(9)10;/h1-4H,(H,9,10);1H. The number of hydrogen-bond donors (Lipinski definition) is 1. The van der Waals surface area contributed by atoms with Gasteiger partial charge in [-0.25, -0.2) is 4.79 Å². The Kier molecular flexibility index (Phi) is 4.15. The SMILES string of the molecule is Cl.O=C(O)c1cccc(Br)c1. The van der Waals surface area contributed by atoms with Crippen LogP contribution in [0.1, 0.15) is 10.4 Å². The second kappa shape index (κ2) is 4.36. The number of aromatic carboxylic acids is 1. The zero-order valence-electron chi connectivity index (χ0n) is 5.45. The molecule has 0 saturated heterocycles. The van der Waals surface area contributed by atoms with Crippen LogP contribution in [0.2, 0.25) is 0 Å². The van der Waals surface area contributed by atoms with E-state index in [9.17, 15) is 4.79 Å². The highest BCUT2D eigenvalue weighted by Crippen LogP contribution is 2.10. The molecule has 60 valence electrons. The Hall–Kier alpha value is -0.540. The summed E-state index contributed by atoms with van der Waals surface area (Å²) in [4.78, 5) is 10.3. The molecule has 11 heavy (non-hydrogen) atoms. The van der Waals surface area contributed by atoms with Crippen LogP contribution in [0, 0.1) is 0 Å². The van der Waals surface area contributed by atoms with E-state index in [-0.39, 0.29) is 12.4 Å². The van der Waals surface area contributed by atoms with Gasteiger partial charge in [-0.2, -0.15) is 0 Å². The van der Waals surface area contributed by atoms with E-state index in [2.05, 4.69) is 15.9 Å². The normalized spacial score (nSPS) is 8.45.